The lowest BCUT2D eigenvalue weighted by atomic mass is 9.96. The summed E-state index contributed by atoms with van der Waals surface area (Å²) in [5.74, 6) is 0. The zero-order valence-electron chi connectivity index (χ0n) is 25.0. The summed E-state index contributed by atoms with van der Waals surface area (Å²) in [4.78, 5) is 10.5. The van der Waals surface area contributed by atoms with E-state index in [0.29, 0.717) is 0 Å². The number of thiophene rings is 1. The topological polar surface area (TPSA) is 25.8 Å². The van der Waals surface area contributed by atoms with Crippen molar-refractivity contribution in [1.29, 1.82) is 0 Å². The van der Waals surface area contributed by atoms with Gasteiger partial charge in [-0.05, 0) is 71.1 Å². The number of hydrogen-bond donors (Lipinski definition) is 0. The molecule has 0 N–H and O–H groups in total. The van der Waals surface area contributed by atoms with Crippen molar-refractivity contribution in [2.75, 3.05) is 0 Å². The summed E-state index contributed by atoms with van der Waals surface area (Å²) in [5.41, 5.74) is 11.3. The van der Waals surface area contributed by atoms with Gasteiger partial charge in [-0.2, -0.15) is 0 Å². The molecule has 7 aromatic carbocycles. The minimum Gasteiger partial charge on any atom is -0.252 e. The van der Waals surface area contributed by atoms with E-state index in [1.807, 2.05) is 17.5 Å². The van der Waals surface area contributed by atoms with Crippen molar-refractivity contribution < 1.29 is 0 Å². The van der Waals surface area contributed by atoms with Gasteiger partial charge in [0.2, 0.25) is 0 Å². The Hall–Kier alpha value is -5.38. The molecule has 45 heavy (non-hydrogen) atoms. The van der Waals surface area contributed by atoms with Crippen LogP contribution in [0.5, 0.6) is 0 Å². The maximum Gasteiger partial charge on any atom is 0.0979 e. The third kappa shape index (κ3) is 4.23. The van der Waals surface area contributed by atoms with Crippen LogP contribution >= 0.6 is 11.3 Å². The number of benzene rings is 7. The van der Waals surface area contributed by atoms with Gasteiger partial charge in [0.25, 0.3) is 0 Å². The minimum absolute atomic E-state index is 0.896. The molecule has 2 heterocycles. The van der Waals surface area contributed by atoms with Crippen LogP contribution in [0, 0.1) is 13.8 Å². The maximum absolute atomic E-state index is 5.42. The molecule has 2 aromatic heterocycles. The van der Waals surface area contributed by atoms with E-state index in [2.05, 4.69) is 141 Å². The Labute approximate surface area is 265 Å². The highest BCUT2D eigenvalue weighted by atomic mass is 32.1. The molecular weight excluding hydrogens is 565 g/mol. The molecule has 0 unspecified atom stereocenters. The van der Waals surface area contributed by atoms with E-state index in [0.717, 1.165) is 33.1 Å². The Morgan fingerprint density at radius 3 is 1.76 bits per heavy atom. The van der Waals surface area contributed by atoms with Crippen molar-refractivity contribution in [3.05, 3.63) is 145 Å². The lowest BCUT2D eigenvalue weighted by Crippen LogP contribution is -1.93. The third-order valence-corrected chi connectivity index (χ3v) is 10.2. The first-order valence-corrected chi connectivity index (χ1v) is 16.1. The van der Waals surface area contributed by atoms with Crippen molar-refractivity contribution in [1.82, 2.24) is 9.97 Å². The molecule has 0 atom stereocenters. The Morgan fingerprint density at radius 1 is 0.467 bits per heavy atom. The van der Waals surface area contributed by atoms with Gasteiger partial charge in [0.1, 0.15) is 0 Å². The number of aryl methyl sites for hydroxylation is 2. The van der Waals surface area contributed by atoms with Gasteiger partial charge in [-0.25, -0.2) is 4.98 Å². The second-order valence-corrected chi connectivity index (χ2v) is 13.0. The first kappa shape index (κ1) is 26.1. The second-order valence-electron chi connectivity index (χ2n) is 12.0. The third-order valence-electron chi connectivity index (χ3n) is 8.98. The van der Waals surface area contributed by atoms with Crippen LogP contribution in [0.1, 0.15) is 11.1 Å². The Balaban J connectivity index is 1.35. The summed E-state index contributed by atoms with van der Waals surface area (Å²) in [6.45, 7) is 4.31. The van der Waals surface area contributed by atoms with Gasteiger partial charge in [0.05, 0.1) is 22.9 Å². The molecule has 212 valence electrons. The van der Waals surface area contributed by atoms with Gasteiger partial charge in [0.15, 0.2) is 0 Å². The van der Waals surface area contributed by atoms with E-state index in [-0.39, 0.29) is 0 Å². The zero-order valence-corrected chi connectivity index (χ0v) is 25.8. The fourth-order valence-electron chi connectivity index (χ4n) is 6.82. The van der Waals surface area contributed by atoms with Crippen LogP contribution in [0.3, 0.4) is 0 Å². The highest BCUT2D eigenvalue weighted by molar-refractivity contribution is 7.26. The normalized spacial score (nSPS) is 11.8. The van der Waals surface area contributed by atoms with Crippen LogP contribution in [0.2, 0.25) is 0 Å². The smallest absolute Gasteiger partial charge is 0.0979 e. The number of rotatable bonds is 3. The fraction of sp³-hybridized carbons (Fsp3) is 0.0476. The first-order valence-electron chi connectivity index (χ1n) is 15.3. The van der Waals surface area contributed by atoms with Crippen molar-refractivity contribution in [3.8, 4) is 33.5 Å². The van der Waals surface area contributed by atoms with Gasteiger partial charge in [0, 0.05) is 36.5 Å². The lowest BCUT2D eigenvalue weighted by Gasteiger charge is -2.12. The SMILES string of the molecule is Cc1cccc(-c2ccc3sc4c(-c5cnc6c7ccccc7c7ccccc7c6n5)cc(-c5cccc(C)c5)cc4c3c2)c1. The zero-order chi connectivity index (χ0) is 30.1. The molecule has 0 aliphatic heterocycles. The van der Waals surface area contributed by atoms with Gasteiger partial charge in [-0.1, -0.05) is 114 Å². The van der Waals surface area contributed by atoms with Crippen LogP contribution in [0.4, 0.5) is 0 Å². The summed E-state index contributed by atoms with van der Waals surface area (Å²) in [5, 5.41) is 7.20. The summed E-state index contributed by atoms with van der Waals surface area (Å²) in [6.07, 6.45) is 1.97. The lowest BCUT2D eigenvalue weighted by molar-refractivity contribution is 1.31. The minimum atomic E-state index is 0.896. The molecule has 2 nitrogen and oxygen atoms in total. The van der Waals surface area contributed by atoms with E-state index in [9.17, 15) is 0 Å². The van der Waals surface area contributed by atoms with E-state index in [1.165, 1.54) is 64.3 Å². The van der Waals surface area contributed by atoms with E-state index < -0.39 is 0 Å². The molecule has 0 saturated carbocycles. The van der Waals surface area contributed by atoms with Crippen LogP contribution in [0.25, 0.3) is 86.3 Å². The highest BCUT2D eigenvalue weighted by Gasteiger charge is 2.18. The van der Waals surface area contributed by atoms with Crippen molar-refractivity contribution in [2.24, 2.45) is 0 Å². The quantitative estimate of drug-likeness (QED) is 0.191. The summed E-state index contributed by atoms with van der Waals surface area (Å²) >= 11 is 1.84. The van der Waals surface area contributed by atoms with Crippen LogP contribution in [-0.2, 0) is 0 Å². The molecule has 0 bridgehead atoms. The second kappa shape index (κ2) is 10.1. The fourth-order valence-corrected chi connectivity index (χ4v) is 8.00. The molecule has 0 aliphatic carbocycles. The Bertz CT molecular complexity index is 2590. The summed E-state index contributed by atoms with van der Waals surface area (Å²) in [6, 6.07) is 46.2. The molecule has 0 radical (unpaired) electrons. The van der Waals surface area contributed by atoms with Crippen molar-refractivity contribution >= 4 is 64.1 Å². The van der Waals surface area contributed by atoms with E-state index in [4.69, 9.17) is 9.97 Å². The van der Waals surface area contributed by atoms with Crippen LogP contribution in [-0.4, -0.2) is 9.97 Å². The molecule has 0 fully saturated rings. The molecule has 0 aliphatic rings. The van der Waals surface area contributed by atoms with Crippen molar-refractivity contribution in [2.45, 2.75) is 13.8 Å². The predicted octanol–water partition coefficient (Wildman–Crippen LogP) is 11.9. The van der Waals surface area contributed by atoms with E-state index in [1.54, 1.807) is 0 Å². The maximum atomic E-state index is 5.42. The largest absolute Gasteiger partial charge is 0.252 e. The number of nitrogens with zero attached hydrogens (tertiary/aromatic N) is 2. The van der Waals surface area contributed by atoms with Crippen molar-refractivity contribution in [3.63, 3.8) is 0 Å². The molecule has 3 heteroatoms. The van der Waals surface area contributed by atoms with Gasteiger partial charge in [-0.3, -0.25) is 4.98 Å². The standard InChI is InChI=1S/C42H28N2S/c1-25-9-7-11-27(19-25)29-17-18-39-35(21-29)36-22-30(28-12-8-10-26(2)20-28)23-37(42(36)45-39)38-24-43-40-33-15-5-3-13-31(33)32-14-4-6-16-34(32)41(40)44-38/h3-24H,1-2H3. The molecule has 0 saturated heterocycles. The van der Waals surface area contributed by atoms with Gasteiger partial charge < -0.3 is 0 Å². The first-order chi connectivity index (χ1) is 22.1. The molecule has 9 aromatic rings. The molecular formula is C42H28N2S. The van der Waals surface area contributed by atoms with Gasteiger partial charge in [-0.15, -0.1) is 11.3 Å². The summed E-state index contributed by atoms with van der Waals surface area (Å²) in [7, 11) is 0. The Kier molecular flexibility index (Phi) is 5.84. The number of hydrogen-bond acceptors (Lipinski definition) is 3. The predicted molar refractivity (Wildman–Crippen MR) is 193 cm³/mol. The average Bonchev–Trinajstić information content (AvgIpc) is 3.46. The summed E-state index contributed by atoms with van der Waals surface area (Å²) < 4.78 is 2.51. The van der Waals surface area contributed by atoms with E-state index >= 15 is 0 Å². The molecule has 0 amide bonds. The highest BCUT2D eigenvalue weighted by Crippen LogP contribution is 2.44. The monoisotopic (exact) mass is 592 g/mol. The molecule has 9 rings (SSSR count). The Morgan fingerprint density at radius 2 is 1.07 bits per heavy atom. The molecule has 0 spiro atoms. The number of aromatic nitrogens is 2. The average molecular weight is 593 g/mol. The van der Waals surface area contributed by atoms with Crippen LogP contribution in [0.15, 0.2) is 134 Å². The number of fused-ring (bicyclic) bond motifs is 9. The van der Waals surface area contributed by atoms with Crippen LogP contribution < -0.4 is 0 Å². The van der Waals surface area contributed by atoms with Gasteiger partial charge >= 0.3 is 0 Å².